The summed E-state index contributed by atoms with van der Waals surface area (Å²) in [5.74, 6) is -1.42. The van der Waals surface area contributed by atoms with E-state index in [1.807, 2.05) is 0 Å². The van der Waals surface area contributed by atoms with Crippen molar-refractivity contribution in [1.82, 2.24) is 0 Å². The molecule has 0 spiro atoms. The lowest BCUT2D eigenvalue weighted by atomic mass is 10.3. The van der Waals surface area contributed by atoms with Crippen molar-refractivity contribution in [2.75, 3.05) is 24.0 Å². The average molecular weight is 272 g/mol. The van der Waals surface area contributed by atoms with Crippen LogP contribution >= 0.6 is 0 Å². The third kappa shape index (κ3) is 6.35. The Morgan fingerprint density at radius 2 is 1.12 bits per heavy atom. The zero-order valence-electron chi connectivity index (χ0n) is 8.65. The van der Waals surface area contributed by atoms with E-state index in [0.29, 0.717) is 0 Å². The van der Waals surface area contributed by atoms with E-state index < -0.39 is 42.6 Å². The maximum absolute atomic E-state index is 10.9. The lowest BCUT2D eigenvalue weighted by molar-refractivity contribution is 0.314. The molecule has 0 saturated carbocycles. The van der Waals surface area contributed by atoms with Crippen molar-refractivity contribution >= 4 is 31.1 Å². The van der Waals surface area contributed by atoms with Crippen LogP contribution in [0.25, 0.3) is 0 Å². The summed E-state index contributed by atoms with van der Waals surface area (Å²) in [7, 11) is -7.05. The highest BCUT2D eigenvalue weighted by Gasteiger charge is 2.20. The van der Waals surface area contributed by atoms with Crippen LogP contribution in [-0.2, 0) is 19.7 Å². The highest BCUT2D eigenvalue weighted by atomic mass is 32.2. The van der Waals surface area contributed by atoms with Crippen LogP contribution < -0.4 is 0 Å². The van der Waals surface area contributed by atoms with Gasteiger partial charge in [-0.05, 0) is 0 Å². The second-order valence-electron chi connectivity index (χ2n) is 3.23. The predicted octanol–water partition coefficient (Wildman–Crippen LogP) is -1.26. The summed E-state index contributed by atoms with van der Waals surface area (Å²) in [4.78, 5) is 0. The van der Waals surface area contributed by atoms with E-state index in [9.17, 15) is 16.8 Å². The Bertz CT molecular complexity index is 453. The Labute approximate surface area is 93.1 Å². The van der Waals surface area contributed by atoms with Crippen LogP contribution in [0.5, 0.6) is 0 Å². The maximum atomic E-state index is 10.9. The van der Waals surface area contributed by atoms with Crippen LogP contribution in [0, 0.1) is 0 Å². The van der Waals surface area contributed by atoms with Crippen LogP contribution in [0.2, 0.25) is 0 Å². The third-order valence-electron chi connectivity index (χ3n) is 1.37. The molecule has 0 amide bonds. The Hall–Kier alpha value is -1.16. The molecule has 0 saturated heterocycles. The van der Waals surface area contributed by atoms with Crippen LogP contribution in [-0.4, -0.2) is 62.7 Å². The Morgan fingerprint density at radius 3 is 1.25 bits per heavy atom. The van der Waals surface area contributed by atoms with Crippen molar-refractivity contribution in [1.29, 1.82) is 0 Å². The number of hydrogen-bond donors (Lipinski definition) is 2. The highest BCUT2D eigenvalue weighted by Crippen LogP contribution is 1.95. The largest absolute Gasteiger partial charge is 0.411 e. The van der Waals surface area contributed by atoms with Crippen molar-refractivity contribution in [2.45, 2.75) is 0 Å². The van der Waals surface area contributed by atoms with Crippen molar-refractivity contribution in [3.8, 4) is 0 Å². The molecule has 0 aliphatic carbocycles. The molecule has 0 rings (SSSR count). The molecule has 0 atom stereocenters. The second kappa shape index (κ2) is 5.25. The van der Waals surface area contributed by atoms with Crippen molar-refractivity contribution < 1.29 is 27.3 Å². The van der Waals surface area contributed by atoms with Gasteiger partial charge in [-0.25, -0.2) is 16.8 Å². The van der Waals surface area contributed by atoms with Gasteiger partial charge in [-0.2, -0.15) is 0 Å². The smallest absolute Gasteiger partial charge is 0.153 e. The quantitative estimate of drug-likeness (QED) is 0.364. The molecular formula is C6H12N2O6S2. The Balaban J connectivity index is 5.12. The molecule has 94 valence electrons. The molecular weight excluding hydrogens is 260 g/mol. The molecule has 0 bridgehead atoms. The third-order valence-corrected chi connectivity index (χ3v) is 2.97. The van der Waals surface area contributed by atoms with Gasteiger partial charge < -0.3 is 10.4 Å². The summed E-state index contributed by atoms with van der Waals surface area (Å²) >= 11 is 0. The molecule has 0 aliphatic rings. The minimum atomic E-state index is -3.52. The summed E-state index contributed by atoms with van der Waals surface area (Å²) < 4.78 is 43.6. The number of sulfone groups is 2. The van der Waals surface area contributed by atoms with Gasteiger partial charge in [0, 0.05) is 12.5 Å². The molecule has 0 aromatic carbocycles. The van der Waals surface area contributed by atoms with Crippen molar-refractivity contribution in [2.24, 2.45) is 10.3 Å². The fourth-order valence-corrected chi connectivity index (χ4v) is 2.28. The van der Waals surface area contributed by atoms with E-state index >= 15 is 0 Å². The van der Waals surface area contributed by atoms with Gasteiger partial charge in [-0.15, -0.1) is 0 Å². The summed E-state index contributed by atoms with van der Waals surface area (Å²) in [6.45, 7) is 0. The molecule has 0 aromatic rings. The summed E-state index contributed by atoms with van der Waals surface area (Å²) in [5, 5.41) is 22.3. The van der Waals surface area contributed by atoms with Crippen LogP contribution in [0.4, 0.5) is 0 Å². The van der Waals surface area contributed by atoms with E-state index in [4.69, 9.17) is 10.4 Å². The van der Waals surface area contributed by atoms with Crippen molar-refractivity contribution in [3.05, 3.63) is 0 Å². The normalized spacial score (nSPS) is 15.1. The number of hydrogen-bond acceptors (Lipinski definition) is 8. The number of rotatable bonds is 5. The van der Waals surface area contributed by atoms with Crippen molar-refractivity contribution in [3.63, 3.8) is 0 Å². The number of nitrogens with zero attached hydrogens (tertiary/aromatic N) is 2. The van der Waals surface area contributed by atoms with E-state index in [1.165, 1.54) is 0 Å². The average Bonchev–Trinajstić information content (AvgIpc) is 2.07. The highest BCUT2D eigenvalue weighted by molar-refractivity contribution is 7.92. The van der Waals surface area contributed by atoms with Gasteiger partial charge in [0.05, 0.1) is 11.5 Å². The summed E-state index contributed by atoms with van der Waals surface area (Å²) in [6, 6.07) is 0. The maximum Gasteiger partial charge on any atom is 0.153 e. The molecule has 0 radical (unpaired) electrons. The van der Waals surface area contributed by atoms with E-state index in [2.05, 4.69) is 10.3 Å². The zero-order valence-corrected chi connectivity index (χ0v) is 10.3. The SMILES string of the molecule is CS(=O)(=O)CC(=N\O)/C(CS(C)(=O)=O)=N\O. The molecule has 10 heteroatoms. The van der Waals surface area contributed by atoms with Gasteiger partial charge in [-0.1, -0.05) is 10.3 Å². The lowest BCUT2D eigenvalue weighted by Crippen LogP contribution is -2.29. The minimum Gasteiger partial charge on any atom is -0.411 e. The zero-order chi connectivity index (χ0) is 13.0. The number of oxime groups is 2. The van der Waals surface area contributed by atoms with Gasteiger partial charge >= 0.3 is 0 Å². The molecule has 0 heterocycles. The van der Waals surface area contributed by atoms with Crippen LogP contribution in [0.15, 0.2) is 10.3 Å². The monoisotopic (exact) mass is 272 g/mol. The van der Waals surface area contributed by atoms with Gasteiger partial charge in [0.15, 0.2) is 19.7 Å². The van der Waals surface area contributed by atoms with Crippen LogP contribution in [0.1, 0.15) is 0 Å². The Kier molecular flexibility index (Phi) is 4.87. The summed E-state index contributed by atoms with van der Waals surface area (Å²) in [5.41, 5.74) is -1.01. The first-order valence-electron chi connectivity index (χ1n) is 3.86. The van der Waals surface area contributed by atoms with Gasteiger partial charge in [0.1, 0.15) is 11.4 Å². The first-order valence-corrected chi connectivity index (χ1v) is 7.99. The molecule has 0 aliphatic heterocycles. The fraction of sp³-hybridized carbons (Fsp3) is 0.667. The Morgan fingerprint density at radius 1 is 0.875 bits per heavy atom. The van der Waals surface area contributed by atoms with E-state index in [-0.39, 0.29) is 0 Å². The first-order chi connectivity index (χ1) is 7.09. The second-order valence-corrected chi connectivity index (χ2v) is 7.51. The molecule has 0 fully saturated rings. The predicted molar refractivity (Wildman–Crippen MR) is 57.9 cm³/mol. The molecule has 8 nitrogen and oxygen atoms in total. The standard InChI is InChI=1S/C6H12N2O6S2/c1-15(11,12)3-5(7-9)6(8-10)4-16(2,13)14/h9-10H,3-4H2,1-2H3/b7-5-,8-6+. The van der Waals surface area contributed by atoms with E-state index in [0.717, 1.165) is 12.5 Å². The fourth-order valence-electron chi connectivity index (χ4n) is 0.836. The van der Waals surface area contributed by atoms with Gasteiger partial charge in [0.25, 0.3) is 0 Å². The van der Waals surface area contributed by atoms with Gasteiger partial charge in [0.2, 0.25) is 0 Å². The summed E-state index contributed by atoms with van der Waals surface area (Å²) in [6.07, 6.45) is 1.74. The minimum absolute atomic E-state index is 0.504. The molecule has 2 N–H and O–H groups in total. The molecule has 16 heavy (non-hydrogen) atoms. The molecule has 0 unspecified atom stereocenters. The van der Waals surface area contributed by atoms with E-state index in [1.54, 1.807) is 0 Å². The first kappa shape index (κ1) is 14.8. The topological polar surface area (TPSA) is 133 Å². The molecule has 0 aromatic heterocycles. The van der Waals surface area contributed by atoms with Crippen LogP contribution in [0.3, 0.4) is 0 Å². The lowest BCUT2D eigenvalue weighted by Gasteiger charge is -2.04. The van der Waals surface area contributed by atoms with Gasteiger partial charge in [-0.3, -0.25) is 0 Å².